The lowest BCUT2D eigenvalue weighted by molar-refractivity contribution is -0.383. The lowest BCUT2D eigenvalue weighted by Gasteiger charge is -2.07. The summed E-state index contributed by atoms with van der Waals surface area (Å²) < 4.78 is 0. The molecule has 0 aromatic carbocycles. The fraction of sp³-hybridized carbons (Fsp3) is 0.800. The fourth-order valence-corrected chi connectivity index (χ4v) is 3.23. The molecule has 1 heterocycles. The van der Waals surface area contributed by atoms with Crippen molar-refractivity contribution in [2.24, 2.45) is 0 Å². The van der Waals surface area contributed by atoms with Gasteiger partial charge in [-0.15, -0.1) is 0 Å². The Balaban J connectivity index is 1.94. The standard InChI is InChI=1S/C20H37N5O2/c1-2-3-4-5-6-7-8-9-10-11-12-13-14-15-16-22-20-18(25(26)27)19(21)23-17-24-20/h17H,2-16H2,1H3,(H3,21,22,23,24). The third kappa shape index (κ3) is 10.7. The summed E-state index contributed by atoms with van der Waals surface area (Å²) in [6, 6.07) is 0. The summed E-state index contributed by atoms with van der Waals surface area (Å²) in [5.41, 5.74) is 5.31. The topological polar surface area (TPSA) is 107 Å². The second-order valence-electron chi connectivity index (χ2n) is 7.24. The quantitative estimate of drug-likeness (QED) is 0.199. The second kappa shape index (κ2) is 15.2. The third-order valence-electron chi connectivity index (χ3n) is 4.86. The van der Waals surface area contributed by atoms with Gasteiger partial charge in [-0.2, -0.15) is 0 Å². The van der Waals surface area contributed by atoms with Gasteiger partial charge in [0.05, 0.1) is 4.92 Å². The normalized spacial score (nSPS) is 10.9. The SMILES string of the molecule is CCCCCCCCCCCCCCCCNc1ncnc(N)c1[N+](=O)[O-]. The molecule has 0 spiro atoms. The predicted octanol–water partition coefficient (Wildman–Crippen LogP) is 5.86. The van der Waals surface area contributed by atoms with E-state index in [4.69, 9.17) is 5.73 Å². The van der Waals surface area contributed by atoms with E-state index in [9.17, 15) is 10.1 Å². The van der Waals surface area contributed by atoms with Gasteiger partial charge in [0, 0.05) is 6.54 Å². The molecule has 0 bridgehead atoms. The van der Waals surface area contributed by atoms with Crippen molar-refractivity contribution in [3.63, 3.8) is 0 Å². The number of hydrogen-bond acceptors (Lipinski definition) is 6. The van der Waals surface area contributed by atoms with Crippen LogP contribution in [0.3, 0.4) is 0 Å². The Morgan fingerprint density at radius 2 is 1.37 bits per heavy atom. The van der Waals surface area contributed by atoms with Crippen LogP contribution in [0.4, 0.5) is 17.3 Å². The molecule has 27 heavy (non-hydrogen) atoms. The van der Waals surface area contributed by atoms with E-state index in [-0.39, 0.29) is 17.3 Å². The van der Waals surface area contributed by atoms with Gasteiger partial charge in [-0.1, -0.05) is 90.4 Å². The number of unbranched alkanes of at least 4 members (excludes halogenated alkanes) is 13. The second-order valence-corrected chi connectivity index (χ2v) is 7.24. The lowest BCUT2D eigenvalue weighted by Crippen LogP contribution is -2.09. The van der Waals surface area contributed by atoms with Gasteiger partial charge in [-0.05, 0) is 6.42 Å². The molecule has 1 aromatic heterocycles. The molecule has 0 aliphatic carbocycles. The van der Waals surface area contributed by atoms with Gasteiger partial charge < -0.3 is 11.1 Å². The number of aromatic nitrogens is 2. The van der Waals surface area contributed by atoms with Crippen molar-refractivity contribution in [2.45, 2.75) is 96.8 Å². The highest BCUT2D eigenvalue weighted by atomic mass is 16.6. The number of nitrogen functional groups attached to an aromatic ring is 1. The first kappa shape index (κ1) is 23.1. The number of nitro groups is 1. The zero-order valence-corrected chi connectivity index (χ0v) is 16.9. The van der Waals surface area contributed by atoms with Gasteiger partial charge in [0.1, 0.15) is 6.33 Å². The Morgan fingerprint density at radius 3 is 1.85 bits per heavy atom. The van der Waals surface area contributed by atoms with E-state index in [1.165, 1.54) is 83.4 Å². The third-order valence-corrected chi connectivity index (χ3v) is 4.86. The van der Waals surface area contributed by atoms with Gasteiger partial charge in [0.2, 0.25) is 11.6 Å². The Morgan fingerprint density at radius 1 is 0.889 bits per heavy atom. The van der Waals surface area contributed by atoms with Crippen molar-refractivity contribution < 1.29 is 4.92 Å². The van der Waals surface area contributed by atoms with Crippen molar-refractivity contribution in [1.29, 1.82) is 0 Å². The smallest absolute Gasteiger partial charge is 0.352 e. The number of anilines is 2. The summed E-state index contributed by atoms with van der Waals surface area (Å²) in [4.78, 5) is 18.1. The van der Waals surface area contributed by atoms with Gasteiger partial charge in [0.25, 0.3) is 0 Å². The molecule has 0 fully saturated rings. The minimum Gasteiger partial charge on any atom is -0.378 e. The maximum absolute atomic E-state index is 11.0. The van der Waals surface area contributed by atoms with E-state index >= 15 is 0 Å². The van der Waals surface area contributed by atoms with Gasteiger partial charge in [-0.3, -0.25) is 10.1 Å². The van der Waals surface area contributed by atoms with Crippen molar-refractivity contribution >= 4 is 17.3 Å². The molecular formula is C20H37N5O2. The van der Waals surface area contributed by atoms with E-state index in [0.717, 1.165) is 12.8 Å². The summed E-state index contributed by atoms with van der Waals surface area (Å²) in [7, 11) is 0. The van der Waals surface area contributed by atoms with Crippen LogP contribution >= 0.6 is 0 Å². The average molecular weight is 380 g/mol. The van der Waals surface area contributed by atoms with Gasteiger partial charge in [-0.25, -0.2) is 9.97 Å². The summed E-state index contributed by atoms with van der Waals surface area (Å²) in [5.74, 6) is 0.112. The first-order chi connectivity index (χ1) is 13.2. The maximum Gasteiger partial charge on any atom is 0.352 e. The molecule has 0 amide bonds. The first-order valence-electron chi connectivity index (χ1n) is 10.7. The predicted molar refractivity (Wildman–Crippen MR) is 112 cm³/mol. The lowest BCUT2D eigenvalue weighted by atomic mass is 10.0. The number of hydrogen-bond donors (Lipinski definition) is 2. The molecule has 7 heteroatoms. The Kier molecular flexibility index (Phi) is 13.0. The summed E-state index contributed by atoms with van der Waals surface area (Å²) in [6.07, 6.45) is 19.6. The monoisotopic (exact) mass is 379 g/mol. The van der Waals surface area contributed by atoms with Crippen molar-refractivity contribution in [3.05, 3.63) is 16.4 Å². The van der Waals surface area contributed by atoms with Crippen LogP contribution in [0.5, 0.6) is 0 Å². The van der Waals surface area contributed by atoms with E-state index in [1.54, 1.807) is 0 Å². The molecular weight excluding hydrogens is 342 g/mol. The van der Waals surface area contributed by atoms with Crippen LogP contribution in [0.2, 0.25) is 0 Å². The molecule has 7 nitrogen and oxygen atoms in total. The van der Waals surface area contributed by atoms with E-state index < -0.39 is 4.92 Å². The largest absolute Gasteiger partial charge is 0.378 e. The molecule has 3 N–H and O–H groups in total. The van der Waals surface area contributed by atoms with E-state index in [1.807, 2.05) is 0 Å². The summed E-state index contributed by atoms with van der Waals surface area (Å²) in [5, 5.41) is 14.0. The Hall–Kier alpha value is -1.92. The molecule has 1 rings (SSSR count). The number of nitrogens with one attached hydrogen (secondary N) is 1. The van der Waals surface area contributed by atoms with Crippen LogP contribution in [-0.4, -0.2) is 21.4 Å². The zero-order chi connectivity index (χ0) is 19.7. The highest BCUT2D eigenvalue weighted by Crippen LogP contribution is 2.26. The summed E-state index contributed by atoms with van der Waals surface area (Å²) >= 11 is 0. The molecule has 0 saturated heterocycles. The average Bonchev–Trinajstić information content (AvgIpc) is 2.64. The molecule has 0 aliphatic heterocycles. The number of rotatable bonds is 17. The zero-order valence-electron chi connectivity index (χ0n) is 16.9. The van der Waals surface area contributed by atoms with Crippen LogP contribution < -0.4 is 11.1 Å². The van der Waals surface area contributed by atoms with Crippen molar-refractivity contribution in [2.75, 3.05) is 17.6 Å². The molecule has 0 radical (unpaired) electrons. The summed E-state index contributed by atoms with van der Waals surface area (Å²) in [6.45, 7) is 2.92. The fourth-order valence-electron chi connectivity index (χ4n) is 3.23. The maximum atomic E-state index is 11.0. The molecule has 0 saturated carbocycles. The van der Waals surface area contributed by atoms with E-state index in [2.05, 4.69) is 22.2 Å². The highest BCUT2D eigenvalue weighted by Gasteiger charge is 2.20. The van der Waals surface area contributed by atoms with Crippen LogP contribution in [0.25, 0.3) is 0 Å². The molecule has 0 unspecified atom stereocenters. The molecule has 0 atom stereocenters. The first-order valence-corrected chi connectivity index (χ1v) is 10.7. The van der Waals surface area contributed by atoms with E-state index in [0.29, 0.717) is 6.54 Å². The van der Waals surface area contributed by atoms with Crippen LogP contribution in [-0.2, 0) is 0 Å². The van der Waals surface area contributed by atoms with Gasteiger partial charge in [0.15, 0.2) is 0 Å². The molecule has 154 valence electrons. The van der Waals surface area contributed by atoms with Crippen LogP contribution in [0, 0.1) is 10.1 Å². The van der Waals surface area contributed by atoms with Crippen LogP contribution in [0.15, 0.2) is 6.33 Å². The van der Waals surface area contributed by atoms with Crippen LogP contribution in [0.1, 0.15) is 96.8 Å². The number of nitrogens with two attached hydrogens (primary N) is 1. The minimum absolute atomic E-state index is 0.0986. The van der Waals surface area contributed by atoms with Crippen molar-refractivity contribution in [1.82, 2.24) is 9.97 Å². The molecule has 1 aromatic rings. The molecule has 0 aliphatic rings. The highest BCUT2D eigenvalue weighted by molar-refractivity contribution is 5.67. The van der Waals surface area contributed by atoms with Gasteiger partial charge >= 0.3 is 5.69 Å². The van der Waals surface area contributed by atoms with Crippen molar-refractivity contribution in [3.8, 4) is 0 Å². The minimum atomic E-state index is -0.539. The Bertz CT molecular complexity index is 525. The Labute approximate surface area is 163 Å². The number of nitrogens with zero attached hydrogens (tertiary/aromatic N) is 3.